The molecule has 0 unspecified atom stereocenters. The lowest BCUT2D eigenvalue weighted by Gasteiger charge is -2.08. The van der Waals surface area contributed by atoms with Crippen LogP contribution in [0, 0.1) is 0 Å². The molecule has 1 heterocycles. The van der Waals surface area contributed by atoms with Gasteiger partial charge in [-0.15, -0.1) is 0 Å². The van der Waals surface area contributed by atoms with Crippen LogP contribution in [0.1, 0.15) is 21.5 Å². The van der Waals surface area contributed by atoms with Gasteiger partial charge in [-0.2, -0.15) is 13.2 Å². The van der Waals surface area contributed by atoms with Crippen molar-refractivity contribution in [1.82, 2.24) is 10.3 Å². The minimum absolute atomic E-state index is 0.150. The lowest BCUT2D eigenvalue weighted by molar-refractivity contribution is -0.137. The third-order valence-electron chi connectivity index (χ3n) is 2.72. The molecule has 0 atom stereocenters. The maximum atomic E-state index is 12.4. The van der Waals surface area contributed by atoms with E-state index in [1.165, 1.54) is 18.3 Å². The first-order valence-corrected chi connectivity index (χ1v) is 6.71. The van der Waals surface area contributed by atoms with Crippen molar-refractivity contribution in [2.45, 2.75) is 12.7 Å². The van der Waals surface area contributed by atoms with Gasteiger partial charge in [-0.05, 0) is 45.8 Å². The maximum Gasteiger partial charge on any atom is 0.416 e. The average molecular weight is 359 g/mol. The van der Waals surface area contributed by atoms with E-state index in [1.54, 1.807) is 12.1 Å². The number of aromatic nitrogens is 1. The van der Waals surface area contributed by atoms with Gasteiger partial charge in [0.25, 0.3) is 5.91 Å². The van der Waals surface area contributed by atoms with Crippen LogP contribution in [0.3, 0.4) is 0 Å². The number of carbonyl (C=O) groups excluding carboxylic acids is 1. The molecule has 2 aromatic rings. The van der Waals surface area contributed by atoms with Gasteiger partial charge in [-0.3, -0.25) is 4.79 Å². The third-order valence-corrected chi connectivity index (χ3v) is 3.16. The molecule has 0 aliphatic heterocycles. The molecule has 0 aliphatic carbocycles. The number of nitrogens with one attached hydrogen (secondary N) is 1. The largest absolute Gasteiger partial charge is 0.416 e. The number of pyridine rings is 1. The molecule has 7 heteroatoms. The molecule has 1 amide bonds. The van der Waals surface area contributed by atoms with Crippen molar-refractivity contribution in [1.29, 1.82) is 0 Å². The summed E-state index contributed by atoms with van der Waals surface area (Å²) in [4.78, 5) is 15.8. The average Bonchev–Trinajstić information content (AvgIpc) is 2.44. The van der Waals surface area contributed by atoms with Gasteiger partial charge < -0.3 is 5.32 Å². The minimum Gasteiger partial charge on any atom is -0.348 e. The molecule has 0 saturated carbocycles. The van der Waals surface area contributed by atoms with Crippen LogP contribution in [-0.2, 0) is 12.7 Å². The summed E-state index contributed by atoms with van der Waals surface area (Å²) < 4.78 is 37.8. The summed E-state index contributed by atoms with van der Waals surface area (Å²) in [7, 11) is 0. The van der Waals surface area contributed by atoms with Gasteiger partial charge in [0.15, 0.2) is 0 Å². The first kappa shape index (κ1) is 15.5. The molecule has 0 fully saturated rings. The van der Waals surface area contributed by atoms with Crippen molar-refractivity contribution in [3.63, 3.8) is 0 Å². The predicted molar refractivity (Wildman–Crippen MR) is 74.6 cm³/mol. The second kappa shape index (κ2) is 6.26. The summed E-state index contributed by atoms with van der Waals surface area (Å²) in [5.41, 5.74) is 0.295. The zero-order valence-corrected chi connectivity index (χ0v) is 12.2. The lowest BCUT2D eigenvalue weighted by Crippen LogP contribution is -2.22. The highest BCUT2D eigenvalue weighted by molar-refractivity contribution is 9.10. The molecule has 21 heavy (non-hydrogen) atoms. The number of hydrogen-bond acceptors (Lipinski definition) is 2. The Hall–Kier alpha value is -1.89. The second-order valence-electron chi connectivity index (χ2n) is 4.24. The molecule has 1 N–H and O–H groups in total. The molecular weight excluding hydrogens is 349 g/mol. The van der Waals surface area contributed by atoms with Gasteiger partial charge in [-0.25, -0.2) is 4.98 Å². The van der Waals surface area contributed by atoms with E-state index >= 15 is 0 Å². The van der Waals surface area contributed by atoms with Crippen LogP contribution >= 0.6 is 15.9 Å². The summed E-state index contributed by atoms with van der Waals surface area (Å²) in [5, 5.41) is 2.63. The maximum absolute atomic E-state index is 12.4. The predicted octanol–water partition coefficient (Wildman–Crippen LogP) is 3.79. The smallest absolute Gasteiger partial charge is 0.348 e. The van der Waals surface area contributed by atoms with Gasteiger partial charge >= 0.3 is 6.18 Å². The zero-order chi connectivity index (χ0) is 15.5. The Morgan fingerprint density at radius 1 is 1.19 bits per heavy atom. The number of benzene rings is 1. The number of carbonyl (C=O) groups is 1. The highest BCUT2D eigenvalue weighted by Crippen LogP contribution is 2.29. The highest BCUT2D eigenvalue weighted by Gasteiger charge is 2.29. The molecule has 0 aliphatic rings. The van der Waals surface area contributed by atoms with E-state index in [1.807, 2.05) is 0 Å². The van der Waals surface area contributed by atoms with E-state index in [0.29, 0.717) is 15.7 Å². The quantitative estimate of drug-likeness (QED) is 0.848. The van der Waals surface area contributed by atoms with Crippen LogP contribution in [-0.4, -0.2) is 10.9 Å². The molecule has 1 aromatic heterocycles. The topological polar surface area (TPSA) is 42.0 Å². The summed E-state index contributed by atoms with van der Waals surface area (Å²) in [6.45, 7) is 0.150. The number of nitrogens with zero attached hydrogens (tertiary/aromatic N) is 1. The summed E-state index contributed by atoms with van der Waals surface area (Å²) in [6.07, 6.45) is -2.87. The first-order valence-electron chi connectivity index (χ1n) is 5.92. The number of rotatable bonds is 3. The Kier molecular flexibility index (Phi) is 4.62. The number of hydrogen-bond donors (Lipinski definition) is 1. The van der Waals surface area contributed by atoms with E-state index in [9.17, 15) is 18.0 Å². The molecule has 0 saturated heterocycles. The van der Waals surface area contributed by atoms with Crippen LogP contribution in [0.25, 0.3) is 0 Å². The Bertz CT molecular complexity index is 641. The van der Waals surface area contributed by atoms with E-state index in [0.717, 1.165) is 12.1 Å². The first-order chi connectivity index (χ1) is 9.86. The van der Waals surface area contributed by atoms with Gasteiger partial charge in [0.1, 0.15) is 4.60 Å². The van der Waals surface area contributed by atoms with Gasteiger partial charge in [0.2, 0.25) is 0 Å². The van der Waals surface area contributed by atoms with E-state index < -0.39 is 11.7 Å². The summed E-state index contributed by atoms with van der Waals surface area (Å²) >= 11 is 3.16. The Morgan fingerprint density at radius 2 is 1.86 bits per heavy atom. The number of amides is 1. The molecule has 0 bridgehead atoms. The van der Waals surface area contributed by atoms with Crippen LogP contribution < -0.4 is 5.32 Å². The molecule has 110 valence electrons. The van der Waals surface area contributed by atoms with Crippen molar-refractivity contribution in [2.24, 2.45) is 0 Å². The number of halogens is 4. The monoisotopic (exact) mass is 358 g/mol. The molecule has 0 radical (unpaired) electrons. The van der Waals surface area contributed by atoms with Crippen molar-refractivity contribution >= 4 is 21.8 Å². The molecular formula is C14H10BrF3N2O. The van der Waals surface area contributed by atoms with E-state index in [2.05, 4.69) is 26.2 Å². The SMILES string of the molecule is O=C(NCc1ccc(C(F)(F)F)cc1)c1ccnc(Br)c1. The standard InChI is InChI=1S/C14H10BrF3N2O/c15-12-7-10(5-6-19-12)13(21)20-8-9-1-3-11(4-2-9)14(16,17)18/h1-7H,8H2,(H,20,21). The summed E-state index contributed by atoms with van der Waals surface area (Å²) in [5.74, 6) is -0.321. The van der Waals surface area contributed by atoms with E-state index in [-0.39, 0.29) is 12.5 Å². The van der Waals surface area contributed by atoms with E-state index in [4.69, 9.17) is 0 Å². The Morgan fingerprint density at radius 3 is 2.43 bits per heavy atom. The Balaban J connectivity index is 1.98. The molecule has 1 aromatic carbocycles. The van der Waals surface area contributed by atoms with Crippen LogP contribution in [0.15, 0.2) is 47.2 Å². The van der Waals surface area contributed by atoms with Crippen molar-refractivity contribution in [3.8, 4) is 0 Å². The third kappa shape index (κ3) is 4.29. The number of alkyl halides is 3. The van der Waals surface area contributed by atoms with Crippen molar-refractivity contribution in [2.75, 3.05) is 0 Å². The fourth-order valence-electron chi connectivity index (χ4n) is 1.64. The molecule has 3 nitrogen and oxygen atoms in total. The normalized spacial score (nSPS) is 11.2. The Labute approximate surface area is 127 Å². The van der Waals surface area contributed by atoms with Crippen molar-refractivity contribution < 1.29 is 18.0 Å². The fourth-order valence-corrected chi connectivity index (χ4v) is 2.00. The molecule has 2 rings (SSSR count). The second-order valence-corrected chi connectivity index (χ2v) is 5.06. The highest BCUT2D eigenvalue weighted by atomic mass is 79.9. The van der Waals surface area contributed by atoms with Crippen LogP contribution in [0.4, 0.5) is 13.2 Å². The lowest BCUT2D eigenvalue weighted by atomic mass is 10.1. The van der Waals surface area contributed by atoms with Crippen LogP contribution in [0.2, 0.25) is 0 Å². The zero-order valence-electron chi connectivity index (χ0n) is 10.6. The van der Waals surface area contributed by atoms with Crippen LogP contribution in [0.5, 0.6) is 0 Å². The van der Waals surface area contributed by atoms with Gasteiger partial charge in [0.05, 0.1) is 5.56 Å². The fraction of sp³-hybridized carbons (Fsp3) is 0.143. The van der Waals surface area contributed by atoms with Gasteiger partial charge in [0, 0.05) is 18.3 Å². The van der Waals surface area contributed by atoms with Gasteiger partial charge in [-0.1, -0.05) is 12.1 Å². The molecule has 0 spiro atoms. The van der Waals surface area contributed by atoms with Crippen molar-refractivity contribution in [3.05, 3.63) is 63.9 Å². The minimum atomic E-state index is -4.36. The summed E-state index contributed by atoms with van der Waals surface area (Å²) in [6, 6.07) is 7.76.